The van der Waals surface area contributed by atoms with Crippen molar-refractivity contribution in [1.29, 1.82) is 0 Å². The quantitative estimate of drug-likeness (QED) is 0.633. The molecule has 1 aliphatic rings. The van der Waals surface area contributed by atoms with Crippen molar-refractivity contribution < 1.29 is 5.11 Å². The van der Waals surface area contributed by atoms with Gasteiger partial charge < -0.3 is 15.7 Å². The maximum Gasteiger partial charge on any atom is 0.224 e. The Morgan fingerprint density at radius 3 is 3.29 bits per heavy atom. The van der Waals surface area contributed by atoms with Crippen molar-refractivity contribution in [3.05, 3.63) is 11.5 Å². The summed E-state index contributed by atoms with van der Waals surface area (Å²) in [5.74, 6) is 0.703. The van der Waals surface area contributed by atoms with Crippen LogP contribution in [0.2, 0.25) is 5.28 Å². The molecule has 76 valence electrons. The van der Waals surface area contributed by atoms with Gasteiger partial charge in [0.25, 0.3) is 0 Å². The first-order valence-electron chi connectivity index (χ1n) is 4.43. The molecule has 0 saturated heterocycles. The zero-order valence-corrected chi connectivity index (χ0v) is 8.25. The predicted octanol–water partition coefficient (Wildman–Crippen LogP) is 0.718. The number of aliphatic hydroxyl groups is 1. The summed E-state index contributed by atoms with van der Waals surface area (Å²) >= 11 is 5.66. The third-order valence-corrected chi connectivity index (χ3v) is 2.30. The Hall–Kier alpha value is -1.07. The molecule has 0 bridgehead atoms. The number of anilines is 2. The van der Waals surface area contributed by atoms with Gasteiger partial charge in [0.2, 0.25) is 5.28 Å². The minimum atomic E-state index is 0.160. The van der Waals surface area contributed by atoms with Crippen LogP contribution in [0.25, 0.3) is 0 Å². The molecule has 0 fully saturated rings. The standard InChI is InChI=1S/C8H11ClN4O/c9-8-11-4-6-7(13-8)12-5(1-2-14)3-10-6/h4-5,10,14H,1-3H2,(H,11,12,13). The molecule has 1 aromatic heterocycles. The van der Waals surface area contributed by atoms with Gasteiger partial charge in [-0.15, -0.1) is 0 Å². The van der Waals surface area contributed by atoms with Gasteiger partial charge in [-0.2, -0.15) is 4.98 Å². The zero-order valence-electron chi connectivity index (χ0n) is 7.50. The molecule has 1 aliphatic heterocycles. The Bertz CT molecular complexity index is 333. The average molecular weight is 215 g/mol. The number of hydrogen-bond donors (Lipinski definition) is 3. The molecule has 14 heavy (non-hydrogen) atoms. The zero-order chi connectivity index (χ0) is 9.97. The summed E-state index contributed by atoms with van der Waals surface area (Å²) in [5, 5.41) is 15.4. The minimum Gasteiger partial charge on any atom is -0.396 e. The third kappa shape index (κ3) is 1.88. The van der Waals surface area contributed by atoms with Crippen molar-refractivity contribution >= 4 is 23.1 Å². The van der Waals surface area contributed by atoms with Crippen molar-refractivity contribution in [2.24, 2.45) is 0 Å². The molecule has 3 N–H and O–H groups in total. The first-order chi connectivity index (χ1) is 6.79. The smallest absolute Gasteiger partial charge is 0.224 e. The van der Waals surface area contributed by atoms with E-state index in [-0.39, 0.29) is 17.9 Å². The molecule has 0 aliphatic carbocycles. The van der Waals surface area contributed by atoms with E-state index in [1.165, 1.54) is 0 Å². The van der Waals surface area contributed by atoms with Gasteiger partial charge in [-0.3, -0.25) is 0 Å². The molecule has 0 amide bonds. The fraction of sp³-hybridized carbons (Fsp3) is 0.500. The lowest BCUT2D eigenvalue weighted by Gasteiger charge is -2.26. The Labute approximate surface area is 86.5 Å². The van der Waals surface area contributed by atoms with Gasteiger partial charge in [-0.1, -0.05) is 0 Å². The van der Waals surface area contributed by atoms with E-state index in [1.54, 1.807) is 6.20 Å². The van der Waals surface area contributed by atoms with Gasteiger partial charge in [-0.25, -0.2) is 4.98 Å². The molecular formula is C8H11ClN4O. The van der Waals surface area contributed by atoms with Gasteiger partial charge in [0.05, 0.1) is 11.9 Å². The molecule has 0 radical (unpaired) electrons. The van der Waals surface area contributed by atoms with E-state index in [2.05, 4.69) is 20.6 Å². The van der Waals surface area contributed by atoms with Gasteiger partial charge in [-0.05, 0) is 18.0 Å². The van der Waals surface area contributed by atoms with Crippen molar-refractivity contribution in [3.63, 3.8) is 0 Å². The van der Waals surface area contributed by atoms with E-state index < -0.39 is 0 Å². The topological polar surface area (TPSA) is 70.1 Å². The summed E-state index contributed by atoms with van der Waals surface area (Å²) in [7, 11) is 0. The lowest BCUT2D eigenvalue weighted by Crippen LogP contribution is -2.34. The fourth-order valence-corrected chi connectivity index (χ4v) is 1.54. The summed E-state index contributed by atoms with van der Waals surface area (Å²) in [5.41, 5.74) is 0.851. The molecule has 1 aromatic rings. The number of hydrogen-bond acceptors (Lipinski definition) is 5. The third-order valence-electron chi connectivity index (χ3n) is 2.12. The average Bonchev–Trinajstić information content (AvgIpc) is 2.17. The summed E-state index contributed by atoms with van der Waals surface area (Å²) in [6, 6.07) is 0.193. The van der Waals surface area contributed by atoms with Crippen LogP contribution in [-0.2, 0) is 0 Å². The van der Waals surface area contributed by atoms with E-state index in [4.69, 9.17) is 16.7 Å². The maximum atomic E-state index is 8.79. The number of fused-ring (bicyclic) bond motifs is 1. The van der Waals surface area contributed by atoms with E-state index >= 15 is 0 Å². The number of halogens is 1. The number of aliphatic hydroxyl groups excluding tert-OH is 1. The first-order valence-corrected chi connectivity index (χ1v) is 4.81. The Balaban J connectivity index is 2.16. The lowest BCUT2D eigenvalue weighted by molar-refractivity contribution is 0.280. The predicted molar refractivity (Wildman–Crippen MR) is 54.6 cm³/mol. The van der Waals surface area contributed by atoms with Crippen LogP contribution in [0.4, 0.5) is 11.5 Å². The molecule has 0 spiro atoms. The van der Waals surface area contributed by atoms with Crippen molar-refractivity contribution in [1.82, 2.24) is 9.97 Å². The highest BCUT2D eigenvalue weighted by atomic mass is 35.5. The van der Waals surface area contributed by atoms with Crippen molar-refractivity contribution in [2.75, 3.05) is 23.8 Å². The number of nitrogens with one attached hydrogen (secondary N) is 2. The molecule has 1 unspecified atom stereocenters. The molecule has 0 aromatic carbocycles. The Morgan fingerprint density at radius 1 is 1.64 bits per heavy atom. The summed E-state index contributed by atoms with van der Waals surface area (Å²) < 4.78 is 0. The SMILES string of the molecule is OCCC1CNc2cnc(Cl)nc2N1. The van der Waals surface area contributed by atoms with Crippen molar-refractivity contribution in [3.8, 4) is 0 Å². The molecular weight excluding hydrogens is 204 g/mol. The van der Waals surface area contributed by atoms with Crippen LogP contribution in [0.15, 0.2) is 6.20 Å². The Kier molecular flexibility index (Phi) is 2.69. The summed E-state index contributed by atoms with van der Waals surface area (Å²) in [4.78, 5) is 7.91. The first kappa shape index (κ1) is 9.48. The van der Waals surface area contributed by atoms with Crippen LogP contribution in [0.5, 0.6) is 0 Å². The fourth-order valence-electron chi connectivity index (χ4n) is 1.41. The highest BCUT2D eigenvalue weighted by Crippen LogP contribution is 2.24. The maximum absolute atomic E-state index is 8.79. The van der Waals surface area contributed by atoms with Crippen LogP contribution in [-0.4, -0.2) is 34.3 Å². The monoisotopic (exact) mass is 214 g/mol. The van der Waals surface area contributed by atoms with Crippen LogP contribution in [0.3, 0.4) is 0 Å². The number of rotatable bonds is 2. The molecule has 1 atom stereocenters. The van der Waals surface area contributed by atoms with E-state index in [9.17, 15) is 0 Å². The minimum absolute atomic E-state index is 0.160. The largest absolute Gasteiger partial charge is 0.396 e. The second-order valence-corrected chi connectivity index (χ2v) is 3.47. The second-order valence-electron chi connectivity index (χ2n) is 3.14. The van der Waals surface area contributed by atoms with E-state index in [0.29, 0.717) is 12.2 Å². The van der Waals surface area contributed by atoms with Crippen LogP contribution in [0.1, 0.15) is 6.42 Å². The second kappa shape index (κ2) is 3.98. The highest BCUT2D eigenvalue weighted by molar-refractivity contribution is 6.28. The van der Waals surface area contributed by atoms with Gasteiger partial charge >= 0.3 is 0 Å². The summed E-state index contributed by atoms with van der Waals surface area (Å²) in [6.45, 7) is 0.923. The van der Waals surface area contributed by atoms with E-state index in [0.717, 1.165) is 12.2 Å². The van der Waals surface area contributed by atoms with Crippen LogP contribution >= 0.6 is 11.6 Å². The van der Waals surface area contributed by atoms with Crippen LogP contribution in [0, 0.1) is 0 Å². The highest BCUT2D eigenvalue weighted by Gasteiger charge is 2.18. The molecule has 2 rings (SSSR count). The normalized spacial score (nSPS) is 19.4. The Morgan fingerprint density at radius 2 is 2.50 bits per heavy atom. The van der Waals surface area contributed by atoms with E-state index in [1.807, 2.05) is 0 Å². The summed E-state index contributed by atoms with van der Waals surface area (Å²) in [6.07, 6.45) is 2.33. The van der Waals surface area contributed by atoms with Crippen LogP contribution < -0.4 is 10.6 Å². The molecule has 6 heteroatoms. The molecule has 5 nitrogen and oxygen atoms in total. The van der Waals surface area contributed by atoms with Gasteiger partial charge in [0.1, 0.15) is 0 Å². The number of aromatic nitrogens is 2. The lowest BCUT2D eigenvalue weighted by atomic mass is 10.1. The van der Waals surface area contributed by atoms with Gasteiger partial charge in [0.15, 0.2) is 5.82 Å². The van der Waals surface area contributed by atoms with Gasteiger partial charge in [0, 0.05) is 19.2 Å². The van der Waals surface area contributed by atoms with Crippen molar-refractivity contribution in [2.45, 2.75) is 12.5 Å². The molecule has 2 heterocycles. The molecule has 0 saturated carbocycles. The number of nitrogens with zero attached hydrogens (tertiary/aromatic N) is 2.